The molecule has 0 spiro atoms. The Bertz CT molecular complexity index is 1220. The highest BCUT2D eigenvalue weighted by Crippen LogP contribution is 2.53. The summed E-state index contributed by atoms with van der Waals surface area (Å²) in [5, 5.41) is 43.0. The molecule has 4 rings (SSSR count). The van der Waals surface area contributed by atoms with E-state index in [2.05, 4.69) is 0 Å². The standard InChI is InChI=1S/C22H21F3N2O7/c1-6(22(23,24)25)8-2-3-11(28)13-9(8)4-7-5-10-15(26)17(30)14(20(27)33)19(32)21(10,34)18(31)12(7)16(13)29/h2-3,6-7,10,15,28-29,32,34H,4-5,26H2,1H3,(H2,27,33)/t6?,7-,10-,15+,21-/m0/s1. The second kappa shape index (κ2) is 7.31. The summed E-state index contributed by atoms with van der Waals surface area (Å²) in [6.45, 7) is 0.914. The van der Waals surface area contributed by atoms with Crippen LogP contribution in [0.5, 0.6) is 5.75 Å². The fourth-order valence-corrected chi connectivity index (χ4v) is 5.32. The second-order valence-corrected chi connectivity index (χ2v) is 8.87. The zero-order valence-corrected chi connectivity index (χ0v) is 17.7. The number of alkyl halides is 3. The van der Waals surface area contributed by atoms with Crippen LogP contribution in [-0.2, 0) is 20.8 Å². The van der Waals surface area contributed by atoms with Crippen molar-refractivity contribution in [2.24, 2.45) is 23.3 Å². The molecule has 3 aliphatic carbocycles. The molecule has 0 aromatic heterocycles. The number of halogens is 3. The lowest BCUT2D eigenvalue weighted by Crippen LogP contribution is -2.65. The van der Waals surface area contributed by atoms with Crippen molar-refractivity contribution in [3.8, 4) is 5.75 Å². The maximum absolute atomic E-state index is 13.5. The Morgan fingerprint density at radius 3 is 2.38 bits per heavy atom. The average molecular weight is 482 g/mol. The van der Waals surface area contributed by atoms with E-state index in [0.717, 1.165) is 19.1 Å². The van der Waals surface area contributed by atoms with Gasteiger partial charge in [-0.25, -0.2) is 0 Å². The molecule has 0 bridgehead atoms. The van der Waals surface area contributed by atoms with Gasteiger partial charge in [-0.3, -0.25) is 14.4 Å². The van der Waals surface area contributed by atoms with Crippen LogP contribution in [0.25, 0.3) is 5.76 Å². The Morgan fingerprint density at radius 1 is 1.21 bits per heavy atom. The summed E-state index contributed by atoms with van der Waals surface area (Å²) in [5.41, 5.74) is 5.98. The van der Waals surface area contributed by atoms with Gasteiger partial charge in [-0.15, -0.1) is 0 Å². The molecular weight excluding hydrogens is 461 g/mol. The van der Waals surface area contributed by atoms with Gasteiger partial charge in [0.15, 0.2) is 11.4 Å². The number of hydrogen-bond acceptors (Lipinski definition) is 8. The van der Waals surface area contributed by atoms with E-state index in [1.54, 1.807) is 0 Å². The lowest BCUT2D eigenvalue weighted by atomic mass is 9.57. The molecule has 0 saturated heterocycles. The third-order valence-electron chi connectivity index (χ3n) is 7.13. The average Bonchev–Trinajstić information content (AvgIpc) is 2.73. The maximum Gasteiger partial charge on any atom is 0.395 e. The van der Waals surface area contributed by atoms with Gasteiger partial charge in [0.1, 0.15) is 22.8 Å². The lowest BCUT2D eigenvalue weighted by molar-refractivity contribution is -0.150. The zero-order chi connectivity index (χ0) is 25.5. The number of aromatic hydroxyl groups is 1. The summed E-state index contributed by atoms with van der Waals surface area (Å²) in [6.07, 6.45) is -5.17. The monoisotopic (exact) mass is 482 g/mol. The molecule has 1 unspecified atom stereocenters. The number of aliphatic hydroxyl groups excluding tert-OH is 2. The van der Waals surface area contributed by atoms with E-state index in [4.69, 9.17) is 11.5 Å². The minimum atomic E-state index is -4.63. The van der Waals surface area contributed by atoms with Crippen molar-refractivity contribution in [3.05, 3.63) is 45.7 Å². The highest BCUT2D eigenvalue weighted by atomic mass is 19.4. The molecule has 5 atom stereocenters. The summed E-state index contributed by atoms with van der Waals surface area (Å²) in [4.78, 5) is 37.6. The second-order valence-electron chi connectivity index (χ2n) is 8.87. The summed E-state index contributed by atoms with van der Waals surface area (Å²) >= 11 is 0. The van der Waals surface area contributed by atoms with Crippen molar-refractivity contribution in [2.75, 3.05) is 0 Å². The molecule has 1 amide bonds. The number of amides is 1. The molecule has 1 saturated carbocycles. The zero-order valence-electron chi connectivity index (χ0n) is 17.7. The first-order valence-corrected chi connectivity index (χ1v) is 10.3. The van der Waals surface area contributed by atoms with E-state index < -0.39 is 87.0 Å². The van der Waals surface area contributed by atoms with Gasteiger partial charge in [0.25, 0.3) is 5.91 Å². The first-order chi connectivity index (χ1) is 15.6. The van der Waals surface area contributed by atoms with Crippen molar-refractivity contribution < 1.29 is 48.0 Å². The molecule has 8 N–H and O–H groups in total. The molecule has 1 fully saturated rings. The summed E-state index contributed by atoms with van der Waals surface area (Å²) in [7, 11) is 0. The smallest absolute Gasteiger partial charge is 0.395 e. The number of carbonyl (C=O) groups excluding carboxylic acids is 3. The number of phenolic OH excluding ortho intramolecular Hbond substituents is 1. The van der Waals surface area contributed by atoms with Crippen molar-refractivity contribution in [3.63, 3.8) is 0 Å². The summed E-state index contributed by atoms with van der Waals surface area (Å²) in [6, 6.07) is 0.404. The molecule has 34 heavy (non-hydrogen) atoms. The Morgan fingerprint density at radius 2 is 1.82 bits per heavy atom. The van der Waals surface area contributed by atoms with Crippen molar-refractivity contribution in [1.29, 1.82) is 0 Å². The Hall–Kier alpha value is -3.38. The number of hydrogen-bond donors (Lipinski definition) is 6. The number of rotatable bonds is 2. The van der Waals surface area contributed by atoms with Gasteiger partial charge in [-0.1, -0.05) is 6.07 Å². The van der Waals surface area contributed by atoms with Gasteiger partial charge < -0.3 is 31.9 Å². The number of ketones is 2. The fraction of sp³-hybridized carbons (Fsp3) is 0.409. The molecule has 1 aromatic rings. The molecule has 0 aliphatic heterocycles. The van der Waals surface area contributed by atoms with Gasteiger partial charge in [-0.2, -0.15) is 13.2 Å². The van der Waals surface area contributed by atoms with Crippen molar-refractivity contribution >= 4 is 23.2 Å². The lowest BCUT2D eigenvalue weighted by Gasteiger charge is -2.48. The Labute approximate surface area is 190 Å². The third-order valence-corrected chi connectivity index (χ3v) is 7.13. The van der Waals surface area contributed by atoms with E-state index in [9.17, 15) is 48.0 Å². The van der Waals surface area contributed by atoms with Crippen LogP contribution in [0, 0.1) is 11.8 Å². The molecule has 12 heteroatoms. The van der Waals surface area contributed by atoms with Crippen LogP contribution in [0.2, 0.25) is 0 Å². The molecular formula is C22H21F3N2O7. The topological polar surface area (TPSA) is 184 Å². The van der Waals surface area contributed by atoms with Gasteiger partial charge >= 0.3 is 6.18 Å². The minimum absolute atomic E-state index is 0.0392. The first kappa shape index (κ1) is 23.8. The normalized spacial score (nSPS) is 30.0. The number of fused-ring (bicyclic) bond motifs is 3. The summed E-state index contributed by atoms with van der Waals surface area (Å²) < 4.78 is 40.4. The largest absolute Gasteiger partial charge is 0.508 e. The van der Waals surface area contributed by atoms with Gasteiger partial charge in [0.05, 0.1) is 17.5 Å². The van der Waals surface area contributed by atoms with Crippen molar-refractivity contribution in [2.45, 2.75) is 43.5 Å². The number of carbonyl (C=O) groups is 3. The van der Waals surface area contributed by atoms with Crippen LogP contribution in [0.4, 0.5) is 13.2 Å². The van der Waals surface area contributed by atoms with Crippen LogP contribution in [-0.4, -0.2) is 55.7 Å². The third kappa shape index (κ3) is 2.98. The molecule has 1 aromatic carbocycles. The molecule has 182 valence electrons. The number of phenols is 1. The fourth-order valence-electron chi connectivity index (χ4n) is 5.32. The molecule has 9 nitrogen and oxygen atoms in total. The predicted molar refractivity (Wildman–Crippen MR) is 109 cm³/mol. The van der Waals surface area contributed by atoms with Crippen LogP contribution in [0.1, 0.15) is 36.0 Å². The minimum Gasteiger partial charge on any atom is -0.508 e. The van der Waals surface area contributed by atoms with Gasteiger partial charge in [0.2, 0.25) is 5.78 Å². The van der Waals surface area contributed by atoms with Crippen LogP contribution >= 0.6 is 0 Å². The molecule has 0 radical (unpaired) electrons. The number of Topliss-reactive ketones (excluding diaryl/α,β-unsaturated/α-hetero) is 2. The van der Waals surface area contributed by atoms with E-state index in [1.807, 2.05) is 0 Å². The van der Waals surface area contributed by atoms with E-state index in [1.165, 1.54) is 0 Å². The highest BCUT2D eigenvalue weighted by molar-refractivity contribution is 6.24. The van der Waals surface area contributed by atoms with E-state index in [-0.39, 0.29) is 24.0 Å². The number of aliphatic hydroxyl groups is 3. The molecule has 0 heterocycles. The van der Waals surface area contributed by atoms with Crippen LogP contribution < -0.4 is 11.5 Å². The number of nitrogens with two attached hydrogens (primary N) is 2. The number of primary amides is 1. The van der Waals surface area contributed by atoms with Crippen molar-refractivity contribution in [1.82, 2.24) is 0 Å². The van der Waals surface area contributed by atoms with E-state index in [0.29, 0.717) is 0 Å². The van der Waals surface area contributed by atoms with Crippen LogP contribution in [0.3, 0.4) is 0 Å². The van der Waals surface area contributed by atoms with E-state index >= 15 is 0 Å². The SMILES string of the molecule is CC(c1ccc(O)c2c1C[C@H]1C[C@H]3[C@@H](N)C(=O)C(C(N)=O)=C(O)[C@@]3(O)C(=O)C1=C2O)C(F)(F)F. The van der Waals surface area contributed by atoms with Gasteiger partial charge in [0, 0.05) is 11.5 Å². The summed E-state index contributed by atoms with van der Waals surface area (Å²) in [5.74, 6) is -11.0. The maximum atomic E-state index is 13.5. The first-order valence-electron chi connectivity index (χ1n) is 10.3. The quantitative estimate of drug-likeness (QED) is 0.338. The van der Waals surface area contributed by atoms with Gasteiger partial charge in [-0.05, 0) is 42.9 Å². The van der Waals surface area contributed by atoms with Crippen LogP contribution in [0.15, 0.2) is 29.0 Å². The Balaban J connectivity index is 1.95. The number of benzene rings is 1. The highest BCUT2D eigenvalue weighted by Gasteiger charge is 2.63. The molecule has 3 aliphatic rings. The Kier molecular flexibility index (Phi) is 5.11. The predicted octanol–water partition coefficient (Wildman–Crippen LogP) is 1.03.